The quantitative estimate of drug-likeness (QED) is 0.706. The maximum absolute atomic E-state index is 12.7. The number of halogens is 3. The van der Waals surface area contributed by atoms with Crippen LogP contribution in [0.2, 0.25) is 0 Å². The van der Waals surface area contributed by atoms with Crippen molar-refractivity contribution in [2.45, 2.75) is 6.04 Å². The molecule has 0 aromatic heterocycles. The van der Waals surface area contributed by atoms with Crippen LogP contribution in [-0.4, -0.2) is 16.8 Å². The van der Waals surface area contributed by atoms with Gasteiger partial charge in [-0.3, -0.25) is 0 Å². The molecule has 14 heavy (non-hydrogen) atoms. The van der Waals surface area contributed by atoms with Crippen molar-refractivity contribution in [2.24, 2.45) is 5.73 Å². The van der Waals surface area contributed by atoms with Gasteiger partial charge in [-0.1, -0.05) is 6.07 Å². The van der Waals surface area contributed by atoms with E-state index >= 15 is 0 Å². The monoisotopic (exact) mass is 225 g/mol. The Morgan fingerprint density at radius 3 is 2.43 bits per heavy atom. The Balaban J connectivity index is 0.00000169. The highest BCUT2D eigenvalue weighted by molar-refractivity contribution is 5.85. The maximum Gasteiger partial charge on any atom is 0.200 e. The Labute approximate surface area is 85.6 Å². The molecule has 1 aromatic carbocycles. The summed E-state index contributed by atoms with van der Waals surface area (Å²) >= 11 is 0. The first-order valence-electron chi connectivity index (χ1n) is 3.61. The summed E-state index contributed by atoms with van der Waals surface area (Å²) in [5.74, 6) is -3.34. The van der Waals surface area contributed by atoms with E-state index < -0.39 is 30.0 Å². The van der Waals surface area contributed by atoms with Crippen molar-refractivity contribution in [2.75, 3.05) is 6.61 Å². The number of benzene rings is 1. The van der Waals surface area contributed by atoms with E-state index in [-0.39, 0.29) is 18.0 Å². The van der Waals surface area contributed by atoms with Crippen LogP contribution in [0.4, 0.5) is 8.78 Å². The van der Waals surface area contributed by atoms with E-state index in [1.165, 1.54) is 0 Å². The van der Waals surface area contributed by atoms with Crippen LogP contribution >= 0.6 is 12.4 Å². The summed E-state index contributed by atoms with van der Waals surface area (Å²) in [6, 6.07) is 1.07. The Morgan fingerprint density at radius 1 is 1.36 bits per heavy atom. The Hall–Kier alpha value is -0.910. The summed E-state index contributed by atoms with van der Waals surface area (Å²) in [5, 5.41) is 17.7. The van der Waals surface area contributed by atoms with Crippen LogP contribution in [0, 0.1) is 11.6 Å². The van der Waals surface area contributed by atoms with Crippen LogP contribution in [0.25, 0.3) is 0 Å². The molecule has 0 aliphatic heterocycles. The lowest BCUT2D eigenvalue weighted by molar-refractivity contribution is 0.264. The summed E-state index contributed by atoms with van der Waals surface area (Å²) in [4.78, 5) is 0. The lowest BCUT2D eigenvalue weighted by Gasteiger charge is -2.10. The first-order chi connectivity index (χ1) is 6.07. The Kier molecular flexibility index (Phi) is 4.76. The van der Waals surface area contributed by atoms with Crippen LogP contribution < -0.4 is 5.73 Å². The standard InChI is InChI=1S/C8H9F2NO2.ClH/c9-5-2-1-4(6(11)3-12)8(13)7(5)10;/h1-2,6,12-13H,3,11H2;1H/t6-;/m1./s1. The number of rotatable bonds is 2. The van der Waals surface area contributed by atoms with Gasteiger partial charge in [0.25, 0.3) is 0 Å². The molecule has 0 spiro atoms. The van der Waals surface area contributed by atoms with Gasteiger partial charge in [-0.05, 0) is 6.07 Å². The van der Waals surface area contributed by atoms with E-state index in [1.54, 1.807) is 0 Å². The highest BCUT2D eigenvalue weighted by atomic mass is 35.5. The van der Waals surface area contributed by atoms with Crippen LogP contribution in [0.1, 0.15) is 11.6 Å². The van der Waals surface area contributed by atoms with Gasteiger partial charge in [-0.25, -0.2) is 4.39 Å². The van der Waals surface area contributed by atoms with E-state index in [9.17, 15) is 8.78 Å². The van der Waals surface area contributed by atoms with E-state index in [0.29, 0.717) is 0 Å². The van der Waals surface area contributed by atoms with Gasteiger partial charge in [0, 0.05) is 5.56 Å². The van der Waals surface area contributed by atoms with Gasteiger partial charge in [0.2, 0.25) is 5.82 Å². The summed E-state index contributed by atoms with van der Waals surface area (Å²) in [6.07, 6.45) is 0. The van der Waals surface area contributed by atoms with Gasteiger partial charge in [0.05, 0.1) is 12.6 Å². The van der Waals surface area contributed by atoms with E-state index in [2.05, 4.69) is 0 Å². The Bertz CT molecular complexity index is 322. The second kappa shape index (κ2) is 5.09. The van der Waals surface area contributed by atoms with Crippen LogP contribution in [0.3, 0.4) is 0 Å². The average Bonchev–Trinajstić information content (AvgIpc) is 2.13. The van der Waals surface area contributed by atoms with Gasteiger partial charge in [0.1, 0.15) is 0 Å². The number of phenols is 1. The minimum absolute atomic E-state index is 0. The summed E-state index contributed by atoms with van der Waals surface area (Å²) < 4.78 is 25.2. The number of aliphatic hydroxyl groups excluding tert-OH is 1. The number of phenolic OH excluding ortho intramolecular Hbond substituents is 1. The van der Waals surface area contributed by atoms with Crippen molar-refractivity contribution < 1.29 is 19.0 Å². The third-order valence-electron chi connectivity index (χ3n) is 1.70. The Morgan fingerprint density at radius 2 is 1.93 bits per heavy atom. The highest BCUT2D eigenvalue weighted by Gasteiger charge is 2.16. The summed E-state index contributed by atoms with van der Waals surface area (Å²) in [5.41, 5.74) is 5.30. The lowest BCUT2D eigenvalue weighted by Crippen LogP contribution is -2.15. The number of aromatic hydroxyl groups is 1. The van der Waals surface area contributed by atoms with Gasteiger partial charge in [-0.15, -0.1) is 12.4 Å². The smallest absolute Gasteiger partial charge is 0.200 e. The van der Waals surface area contributed by atoms with Gasteiger partial charge >= 0.3 is 0 Å². The first kappa shape index (κ1) is 13.1. The molecule has 0 saturated heterocycles. The van der Waals surface area contributed by atoms with Crippen molar-refractivity contribution >= 4 is 12.4 Å². The topological polar surface area (TPSA) is 66.5 Å². The maximum atomic E-state index is 12.7. The highest BCUT2D eigenvalue weighted by Crippen LogP contribution is 2.27. The predicted octanol–water partition coefficient (Wildman–Crippen LogP) is 1.08. The van der Waals surface area contributed by atoms with Gasteiger partial charge in [0.15, 0.2) is 11.6 Å². The largest absolute Gasteiger partial charge is 0.505 e. The predicted molar refractivity (Wildman–Crippen MR) is 49.3 cm³/mol. The molecule has 0 radical (unpaired) electrons. The van der Waals surface area contributed by atoms with Crippen molar-refractivity contribution in [1.82, 2.24) is 0 Å². The van der Waals surface area contributed by atoms with E-state index in [0.717, 1.165) is 12.1 Å². The number of hydrogen-bond donors (Lipinski definition) is 3. The second-order valence-corrected chi connectivity index (χ2v) is 2.59. The number of nitrogens with two attached hydrogens (primary N) is 1. The molecule has 4 N–H and O–H groups in total. The zero-order chi connectivity index (χ0) is 10.0. The van der Waals surface area contributed by atoms with E-state index in [1.807, 2.05) is 0 Å². The molecule has 1 atom stereocenters. The molecule has 1 rings (SSSR count). The summed E-state index contributed by atoms with van der Waals surface area (Å²) in [7, 11) is 0. The molecule has 0 bridgehead atoms. The first-order valence-corrected chi connectivity index (χ1v) is 3.61. The van der Waals surface area contributed by atoms with Crippen molar-refractivity contribution in [3.8, 4) is 5.75 Å². The van der Waals surface area contributed by atoms with Gasteiger partial charge in [-0.2, -0.15) is 4.39 Å². The third-order valence-corrected chi connectivity index (χ3v) is 1.70. The SMILES string of the molecule is Cl.N[C@H](CO)c1ccc(F)c(F)c1O. The zero-order valence-corrected chi connectivity index (χ0v) is 7.89. The fraction of sp³-hybridized carbons (Fsp3) is 0.250. The molecule has 1 aromatic rings. The molecule has 80 valence electrons. The molecule has 6 heteroatoms. The molecule has 0 heterocycles. The molecule has 0 aliphatic carbocycles. The molecule has 0 fully saturated rings. The molecule has 0 aliphatic rings. The molecular formula is C8H10ClF2NO2. The molecular weight excluding hydrogens is 216 g/mol. The van der Waals surface area contributed by atoms with Crippen LogP contribution in [0.5, 0.6) is 5.75 Å². The van der Waals surface area contributed by atoms with Crippen LogP contribution in [-0.2, 0) is 0 Å². The van der Waals surface area contributed by atoms with Crippen molar-refractivity contribution in [3.05, 3.63) is 29.3 Å². The normalized spacial score (nSPS) is 12.0. The minimum atomic E-state index is -1.35. The lowest BCUT2D eigenvalue weighted by atomic mass is 10.1. The molecule has 0 saturated carbocycles. The number of hydrogen-bond acceptors (Lipinski definition) is 3. The van der Waals surface area contributed by atoms with Crippen LogP contribution in [0.15, 0.2) is 12.1 Å². The fourth-order valence-corrected chi connectivity index (χ4v) is 0.952. The zero-order valence-electron chi connectivity index (χ0n) is 7.08. The molecule has 0 amide bonds. The fourth-order valence-electron chi connectivity index (χ4n) is 0.952. The van der Waals surface area contributed by atoms with Crippen molar-refractivity contribution in [3.63, 3.8) is 0 Å². The molecule has 3 nitrogen and oxygen atoms in total. The average molecular weight is 226 g/mol. The van der Waals surface area contributed by atoms with Crippen molar-refractivity contribution in [1.29, 1.82) is 0 Å². The van der Waals surface area contributed by atoms with Gasteiger partial charge < -0.3 is 15.9 Å². The summed E-state index contributed by atoms with van der Waals surface area (Å²) in [6.45, 7) is -0.446. The van der Waals surface area contributed by atoms with E-state index in [4.69, 9.17) is 15.9 Å². The minimum Gasteiger partial charge on any atom is -0.505 e. The molecule has 0 unspecified atom stereocenters. The third kappa shape index (κ3) is 2.31. The number of aliphatic hydroxyl groups is 1. The second-order valence-electron chi connectivity index (χ2n) is 2.59.